The van der Waals surface area contributed by atoms with Crippen LogP contribution in [0.25, 0.3) is 22.0 Å². The summed E-state index contributed by atoms with van der Waals surface area (Å²) in [6.45, 7) is 0. The molecule has 4 rings (SSSR count). The first-order valence-electron chi connectivity index (χ1n) is 7.13. The molecule has 0 atom stereocenters. The molecule has 0 radical (unpaired) electrons. The number of para-hydroxylation sites is 1. The maximum absolute atomic E-state index is 12.5. The lowest BCUT2D eigenvalue weighted by molar-refractivity contribution is 0.0910. The lowest BCUT2D eigenvalue weighted by Crippen LogP contribution is -2.24. The third-order valence-corrected chi connectivity index (χ3v) is 3.86. The number of nitrogens with zero attached hydrogens (tertiary/aromatic N) is 1. The summed E-state index contributed by atoms with van der Waals surface area (Å²) >= 11 is 0. The quantitative estimate of drug-likeness (QED) is 0.556. The van der Waals surface area contributed by atoms with E-state index in [-0.39, 0.29) is 17.9 Å². The Morgan fingerprint density at radius 2 is 2.09 bits per heavy atom. The van der Waals surface area contributed by atoms with Gasteiger partial charge in [0.2, 0.25) is 5.91 Å². The van der Waals surface area contributed by atoms with E-state index >= 15 is 0 Å². The van der Waals surface area contributed by atoms with Gasteiger partial charge in [-0.05, 0) is 35.2 Å². The van der Waals surface area contributed by atoms with Crippen molar-refractivity contribution in [2.75, 3.05) is 5.73 Å². The fourth-order valence-electron chi connectivity index (χ4n) is 2.76. The zero-order valence-electron chi connectivity index (χ0n) is 12.1. The highest BCUT2D eigenvalue weighted by Gasteiger charge is 2.17. The molecule has 0 saturated carbocycles. The van der Waals surface area contributed by atoms with E-state index in [2.05, 4.69) is 4.98 Å². The van der Waals surface area contributed by atoms with Crippen LogP contribution in [0.4, 0.5) is 5.69 Å². The summed E-state index contributed by atoms with van der Waals surface area (Å²) in [7, 11) is 0. The number of carbonyl (C=O) groups is 1. The highest BCUT2D eigenvalue weighted by Crippen LogP contribution is 2.20. The molecule has 0 fully saturated rings. The fraction of sp³-hybridized carbons (Fsp3) is 0.0588. The first-order chi connectivity index (χ1) is 11.1. The van der Waals surface area contributed by atoms with Crippen molar-refractivity contribution in [3.8, 4) is 0 Å². The number of hydrogen-bond acceptors (Lipinski definition) is 4. The number of carbonyl (C=O) groups excluding carboxylic acids is 1. The number of anilines is 1. The van der Waals surface area contributed by atoms with Gasteiger partial charge in [0.25, 0.3) is 0 Å². The molecule has 0 saturated heterocycles. The molecule has 4 aromatic rings. The Morgan fingerprint density at radius 1 is 1.22 bits per heavy atom. The van der Waals surface area contributed by atoms with E-state index in [1.165, 1.54) is 0 Å². The van der Waals surface area contributed by atoms with E-state index in [4.69, 9.17) is 10.2 Å². The van der Waals surface area contributed by atoms with Crippen molar-refractivity contribution >= 4 is 33.6 Å². The molecule has 2 aromatic heterocycles. The lowest BCUT2D eigenvalue weighted by atomic mass is 10.1. The molecule has 0 aliphatic rings. The van der Waals surface area contributed by atoms with Crippen molar-refractivity contribution < 1.29 is 9.21 Å². The molecule has 0 unspecified atom stereocenters. The molecule has 6 nitrogen and oxygen atoms in total. The average molecular weight is 307 g/mol. The van der Waals surface area contributed by atoms with Crippen LogP contribution in [0, 0.1) is 0 Å². The Balaban J connectivity index is 1.76. The van der Waals surface area contributed by atoms with E-state index in [0.717, 1.165) is 21.0 Å². The van der Waals surface area contributed by atoms with Crippen molar-refractivity contribution in [2.45, 2.75) is 6.42 Å². The van der Waals surface area contributed by atoms with Gasteiger partial charge in [-0.1, -0.05) is 18.2 Å². The van der Waals surface area contributed by atoms with Gasteiger partial charge in [-0.2, -0.15) is 0 Å². The minimum atomic E-state index is -0.719. The molecule has 0 aliphatic heterocycles. The summed E-state index contributed by atoms with van der Waals surface area (Å²) in [5, 5.41) is 1.07. The smallest absolute Gasteiger partial charge is 0.405 e. The summed E-state index contributed by atoms with van der Waals surface area (Å²) in [5.41, 5.74) is 8.51. The first-order valence-corrected chi connectivity index (χ1v) is 7.13. The Labute approximate surface area is 130 Å². The Bertz CT molecular complexity index is 1100. The van der Waals surface area contributed by atoms with E-state index in [1.54, 1.807) is 18.2 Å². The van der Waals surface area contributed by atoms with Crippen LogP contribution in [0.1, 0.15) is 10.4 Å². The second-order valence-electron chi connectivity index (χ2n) is 5.37. The third-order valence-electron chi connectivity index (χ3n) is 3.86. The second-order valence-corrected chi connectivity index (χ2v) is 5.37. The van der Waals surface area contributed by atoms with Crippen LogP contribution in [0.15, 0.2) is 57.9 Å². The van der Waals surface area contributed by atoms with Gasteiger partial charge in [0.1, 0.15) is 5.52 Å². The number of nitrogen functional groups attached to an aromatic ring is 1. The van der Waals surface area contributed by atoms with Gasteiger partial charge >= 0.3 is 5.76 Å². The third kappa shape index (κ3) is 2.12. The van der Waals surface area contributed by atoms with Crippen LogP contribution in [0.5, 0.6) is 0 Å². The zero-order valence-corrected chi connectivity index (χ0v) is 12.1. The van der Waals surface area contributed by atoms with Gasteiger partial charge in [0.05, 0.1) is 12.1 Å². The number of nitrogens with one attached hydrogen (secondary N) is 1. The second kappa shape index (κ2) is 4.88. The minimum absolute atomic E-state index is 0.0955. The van der Waals surface area contributed by atoms with E-state index < -0.39 is 5.76 Å². The molecule has 2 aromatic carbocycles. The number of nitrogens with two attached hydrogens (primary N) is 1. The number of hydrogen-bond donors (Lipinski definition) is 2. The standard InChI is InChI=1S/C17H13N3O3/c18-12-2-1-3-14-16(12)23-17(22)20(14)15(21)9-10-4-5-11-6-7-19-13(11)8-10/h1-8,19H,9,18H2. The van der Waals surface area contributed by atoms with Crippen molar-refractivity contribution in [1.82, 2.24) is 9.55 Å². The number of oxazole rings is 1. The molecule has 0 spiro atoms. The van der Waals surface area contributed by atoms with Gasteiger partial charge in [0.15, 0.2) is 5.58 Å². The van der Waals surface area contributed by atoms with Gasteiger partial charge in [-0.3, -0.25) is 4.79 Å². The average Bonchev–Trinajstić information content (AvgIpc) is 3.11. The van der Waals surface area contributed by atoms with E-state index in [0.29, 0.717) is 11.2 Å². The van der Waals surface area contributed by atoms with E-state index in [9.17, 15) is 9.59 Å². The van der Waals surface area contributed by atoms with Crippen LogP contribution in [-0.4, -0.2) is 15.5 Å². The lowest BCUT2D eigenvalue weighted by Gasteiger charge is -2.03. The molecule has 114 valence electrons. The predicted molar refractivity (Wildman–Crippen MR) is 87.5 cm³/mol. The fourth-order valence-corrected chi connectivity index (χ4v) is 2.76. The molecular formula is C17H13N3O3. The van der Waals surface area contributed by atoms with Crippen molar-refractivity contribution in [3.63, 3.8) is 0 Å². The van der Waals surface area contributed by atoms with Crippen LogP contribution in [0.3, 0.4) is 0 Å². The number of aromatic amines is 1. The van der Waals surface area contributed by atoms with Crippen LogP contribution < -0.4 is 11.5 Å². The Hall–Kier alpha value is -3.28. The summed E-state index contributed by atoms with van der Waals surface area (Å²) in [6, 6.07) is 12.6. The number of rotatable bonds is 2. The van der Waals surface area contributed by atoms with Crippen LogP contribution >= 0.6 is 0 Å². The van der Waals surface area contributed by atoms with Crippen molar-refractivity contribution in [3.05, 3.63) is 64.8 Å². The number of fused-ring (bicyclic) bond motifs is 2. The SMILES string of the molecule is Nc1cccc2c1oc(=O)n2C(=O)Cc1ccc2cc[nH]c2c1. The first kappa shape index (κ1) is 13.4. The van der Waals surface area contributed by atoms with E-state index in [1.807, 2.05) is 30.5 Å². The summed E-state index contributed by atoms with van der Waals surface area (Å²) in [4.78, 5) is 27.7. The predicted octanol–water partition coefficient (Wildman–Crippen LogP) is 2.54. The molecular weight excluding hydrogens is 294 g/mol. The van der Waals surface area contributed by atoms with Crippen molar-refractivity contribution in [1.29, 1.82) is 0 Å². The molecule has 6 heteroatoms. The molecule has 23 heavy (non-hydrogen) atoms. The molecule has 2 heterocycles. The van der Waals surface area contributed by atoms with Gasteiger partial charge in [-0.25, -0.2) is 9.36 Å². The van der Waals surface area contributed by atoms with Crippen LogP contribution in [0.2, 0.25) is 0 Å². The summed E-state index contributed by atoms with van der Waals surface area (Å²) < 4.78 is 6.13. The van der Waals surface area contributed by atoms with Gasteiger partial charge in [0, 0.05) is 11.7 Å². The minimum Gasteiger partial charge on any atom is -0.405 e. The largest absolute Gasteiger partial charge is 0.426 e. The number of H-pyrrole nitrogens is 1. The normalized spacial score (nSPS) is 11.3. The maximum Gasteiger partial charge on any atom is 0.426 e. The summed E-state index contributed by atoms with van der Waals surface area (Å²) in [6.07, 6.45) is 1.94. The number of benzene rings is 2. The van der Waals surface area contributed by atoms with Crippen molar-refractivity contribution in [2.24, 2.45) is 0 Å². The molecule has 0 aliphatic carbocycles. The molecule has 3 N–H and O–H groups in total. The Morgan fingerprint density at radius 3 is 2.96 bits per heavy atom. The maximum atomic E-state index is 12.5. The topological polar surface area (TPSA) is 94.0 Å². The molecule has 0 amide bonds. The highest BCUT2D eigenvalue weighted by atomic mass is 16.4. The van der Waals surface area contributed by atoms with Gasteiger partial charge in [-0.15, -0.1) is 0 Å². The zero-order chi connectivity index (χ0) is 16.0. The summed E-state index contributed by atoms with van der Waals surface area (Å²) in [5.74, 6) is -1.07. The van der Waals surface area contributed by atoms with Crippen LogP contribution in [-0.2, 0) is 6.42 Å². The highest BCUT2D eigenvalue weighted by molar-refractivity contribution is 5.94. The Kier molecular flexibility index (Phi) is 2.84. The molecule has 0 bridgehead atoms. The monoisotopic (exact) mass is 307 g/mol. The van der Waals surface area contributed by atoms with Gasteiger partial charge < -0.3 is 15.1 Å². The number of aromatic nitrogens is 2.